The third kappa shape index (κ3) is 3.02. The second kappa shape index (κ2) is 5.14. The van der Waals surface area contributed by atoms with Gasteiger partial charge in [0, 0.05) is 12.1 Å². The number of nitro benzene ring substituents is 1. The Morgan fingerprint density at radius 1 is 1.32 bits per heavy atom. The summed E-state index contributed by atoms with van der Waals surface area (Å²) in [6.45, 7) is 0. The highest BCUT2D eigenvalue weighted by atomic mass is 32.2. The molecule has 1 aliphatic rings. The average Bonchev–Trinajstić information content (AvgIpc) is 2.80. The molecule has 0 saturated heterocycles. The van der Waals surface area contributed by atoms with Crippen molar-refractivity contribution in [1.29, 1.82) is 0 Å². The van der Waals surface area contributed by atoms with Gasteiger partial charge in [-0.05, 0) is 25.0 Å². The van der Waals surface area contributed by atoms with Crippen LogP contribution in [0.2, 0.25) is 0 Å². The molecule has 0 aliphatic heterocycles. The molecule has 0 heterocycles. The molecule has 0 aromatic heterocycles. The SMILES string of the molecule is Nc1ccc(S(=O)(=O)NC2CCCC2)cc1[N+](=O)[O-]. The maximum absolute atomic E-state index is 12.1. The summed E-state index contributed by atoms with van der Waals surface area (Å²) >= 11 is 0. The van der Waals surface area contributed by atoms with E-state index in [1.807, 2.05) is 0 Å². The van der Waals surface area contributed by atoms with Crippen LogP contribution in [0.5, 0.6) is 0 Å². The highest BCUT2D eigenvalue weighted by Crippen LogP contribution is 2.26. The van der Waals surface area contributed by atoms with Gasteiger partial charge in [0.05, 0.1) is 9.82 Å². The second-order valence-electron chi connectivity index (χ2n) is 4.58. The van der Waals surface area contributed by atoms with Crippen molar-refractivity contribution in [3.8, 4) is 0 Å². The Bertz CT molecular complexity index is 594. The largest absolute Gasteiger partial charge is 0.393 e. The Morgan fingerprint density at radius 2 is 1.95 bits per heavy atom. The maximum Gasteiger partial charge on any atom is 0.293 e. The van der Waals surface area contributed by atoms with Crippen molar-refractivity contribution in [2.24, 2.45) is 0 Å². The number of nitro groups is 1. The summed E-state index contributed by atoms with van der Waals surface area (Å²) in [6, 6.07) is 3.43. The normalized spacial score (nSPS) is 16.6. The molecule has 104 valence electrons. The molecule has 1 saturated carbocycles. The van der Waals surface area contributed by atoms with Crippen LogP contribution >= 0.6 is 0 Å². The molecule has 0 bridgehead atoms. The number of nitrogens with one attached hydrogen (secondary N) is 1. The summed E-state index contributed by atoms with van der Waals surface area (Å²) in [5.41, 5.74) is 5.00. The van der Waals surface area contributed by atoms with Gasteiger partial charge >= 0.3 is 0 Å². The second-order valence-corrected chi connectivity index (χ2v) is 6.29. The number of nitrogen functional groups attached to an aromatic ring is 1. The topological polar surface area (TPSA) is 115 Å². The summed E-state index contributed by atoms with van der Waals surface area (Å²) in [5, 5.41) is 10.8. The summed E-state index contributed by atoms with van der Waals surface area (Å²) in [4.78, 5) is 9.94. The predicted octanol–water partition coefficient (Wildman–Crippen LogP) is 1.40. The smallest absolute Gasteiger partial charge is 0.293 e. The number of hydrogen-bond donors (Lipinski definition) is 2. The minimum atomic E-state index is -3.73. The fourth-order valence-electron chi connectivity index (χ4n) is 2.18. The van der Waals surface area contributed by atoms with E-state index in [1.165, 1.54) is 12.1 Å². The molecule has 7 nitrogen and oxygen atoms in total. The molecule has 8 heteroatoms. The minimum absolute atomic E-state index is 0.0511. The first kappa shape index (κ1) is 13.8. The molecule has 1 fully saturated rings. The molecule has 0 atom stereocenters. The van der Waals surface area contributed by atoms with Crippen LogP contribution in [0.4, 0.5) is 11.4 Å². The molecule has 1 aromatic carbocycles. The summed E-state index contributed by atoms with van der Waals surface area (Å²) in [7, 11) is -3.73. The van der Waals surface area contributed by atoms with Gasteiger partial charge in [-0.25, -0.2) is 13.1 Å². The third-order valence-electron chi connectivity index (χ3n) is 3.19. The molecule has 2 rings (SSSR count). The maximum atomic E-state index is 12.1. The molecule has 1 aliphatic carbocycles. The van der Waals surface area contributed by atoms with Crippen LogP contribution in [0.15, 0.2) is 23.1 Å². The van der Waals surface area contributed by atoms with Gasteiger partial charge < -0.3 is 5.73 Å². The quantitative estimate of drug-likeness (QED) is 0.493. The Hall–Kier alpha value is -1.67. The van der Waals surface area contributed by atoms with Crippen LogP contribution in [0.1, 0.15) is 25.7 Å². The van der Waals surface area contributed by atoms with E-state index in [9.17, 15) is 18.5 Å². The van der Waals surface area contributed by atoms with E-state index < -0.39 is 20.6 Å². The lowest BCUT2D eigenvalue weighted by Gasteiger charge is -2.12. The van der Waals surface area contributed by atoms with E-state index >= 15 is 0 Å². The van der Waals surface area contributed by atoms with Crippen molar-refractivity contribution in [2.75, 3.05) is 5.73 Å². The van der Waals surface area contributed by atoms with Gasteiger partial charge in [-0.2, -0.15) is 0 Å². The Balaban J connectivity index is 2.29. The lowest BCUT2D eigenvalue weighted by Crippen LogP contribution is -2.32. The third-order valence-corrected chi connectivity index (χ3v) is 4.70. The molecule has 0 unspecified atom stereocenters. The van der Waals surface area contributed by atoms with Crippen LogP contribution < -0.4 is 10.5 Å². The van der Waals surface area contributed by atoms with Crippen molar-refractivity contribution in [3.05, 3.63) is 28.3 Å². The molecule has 0 amide bonds. The van der Waals surface area contributed by atoms with Gasteiger partial charge in [-0.3, -0.25) is 10.1 Å². The number of sulfonamides is 1. The lowest BCUT2D eigenvalue weighted by atomic mass is 10.3. The zero-order chi connectivity index (χ0) is 14.0. The number of hydrogen-bond acceptors (Lipinski definition) is 5. The van der Waals surface area contributed by atoms with Gasteiger partial charge in [-0.15, -0.1) is 0 Å². The van der Waals surface area contributed by atoms with Gasteiger partial charge in [-0.1, -0.05) is 12.8 Å². The lowest BCUT2D eigenvalue weighted by molar-refractivity contribution is -0.384. The van der Waals surface area contributed by atoms with Crippen molar-refractivity contribution >= 4 is 21.4 Å². The van der Waals surface area contributed by atoms with Crippen molar-refractivity contribution in [2.45, 2.75) is 36.6 Å². The molecular formula is C11H15N3O4S. The number of nitrogens with two attached hydrogens (primary N) is 1. The van der Waals surface area contributed by atoms with Gasteiger partial charge in [0.25, 0.3) is 5.69 Å². The fourth-order valence-corrected chi connectivity index (χ4v) is 3.50. The summed E-state index contributed by atoms with van der Waals surface area (Å²) in [6.07, 6.45) is 3.59. The highest BCUT2D eigenvalue weighted by Gasteiger charge is 2.25. The average molecular weight is 285 g/mol. The van der Waals surface area contributed by atoms with Gasteiger partial charge in [0.2, 0.25) is 10.0 Å². The number of rotatable bonds is 4. The standard InChI is InChI=1S/C11H15N3O4S/c12-10-6-5-9(7-11(10)14(15)16)19(17,18)13-8-3-1-2-4-8/h5-8,13H,1-4,12H2. The molecule has 3 N–H and O–H groups in total. The van der Waals surface area contributed by atoms with Crippen molar-refractivity contribution < 1.29 is 13.3 Å². The zero-order valence-electron chi connectivity index (χ0n) is 10.2. The van der Waals surface area contributed by atoms with E-state index in [4.69, 9.17) is 5.73 Å². The molecule has 1 aromatic rings. The van der Waals surface area contributed by atoms with E-state index in [0.717, 1.165) is 31.7 Å². The number of anilines is 1. The van der Waals surface area contributed by atoms with Gasteiger partial charge in [0.15, 0.2) is 0 Å². The molecule has 0 spiro atoms. The highest BCUT2D eigenvalue weighted by molar-refractivity contribution is 7.89. The van der Waals surface area contributed by atoms with Crippen molar-refractivity contribution in [3.63, 3.8) is 0 Å². The van der Waals surface area contributed by atoms with Gasteiger partial charge in [0.1, 0.15) is 5.69 Å². The first-order valence-electron chi connectivity index (χ1n) is 5.96. The van der Waals surface area contributed by atoms with Crippen LogP contribution in [0.25, 0.3) is 0 Å². The summed E-state index contributed by atoms with van der Waals surface area (Å²) in [5.74, 6) is 0. The van der Waals surface area contributed by atoms with Crippen LogP contribution in [-0.4, -0.2) is 19.4 Å². The van der Waals surface area contributed by atoms with Crippen molar-refractivity contribution in [1.82, 2.24) is 4.72 Å². The van der Waals surface area contributed by atoms with E-state index in [-0.39, 0.29) is 16.6 Å². The fraction of sp³-hybridized carbons (Fsp3) is 0.455. The molecule has 19 heavy (non-hydrogen) atoms. The zero-order valence-corrected chi connectivity index (χ0v) is 11.0. The van der Waals surface area contributed by atoms with E-state index in [2.05, 4.69) is 4.72 Å². The monoisotopic (exact) mass is 285 g/mol. The predicted molar refractivity (Wildman–Crippen MR) is 70.1 cm³/mol. The molecular weight excluding hydrogens is 270 g/mol. The first-order chi connectivity index (χ1) is 8.90. The Kier molecular flexibility index (Phi) is 3.72. The van der Waals surface area contributed by atoms with Crippen LogP contribution in [-0.2, 0) is 10.0 Å². The van der Waals surface area contributed by atoms with Crippen LogP contribution in [0, 0.1) is 10.1 Å². The van der Waals surface area contributed by atoms with Crippen LogP contribution in [0.3, 0.4) is 0 Å². The first-order valence-corrected chi connectivity index (χ1v) is 7.45. The number of nitrogens with zero attached hydrogens (tertiary/aromatic N) is 1. The molecule has 0 radical (unpaired) electrons. The summed E-state index contributed by atoms with van der Waals surface area (Å²) < 4.78 is 26.8. The minimum Gasteiger partial charge on any atom is -0.393 e. The van der Waals surface area contributed by atoms with E-state index in [1.54, 1.807) is 0 Å². The Morgan fingerprint density at radius 3 is 2.53 bits per heavy atom. The van der Waals surface area contributed by atoms with E-state index in [0.29, 0.717) is 0 Å². The number of benzene rings is 1. The Labute approximate surface area is 111 Å².